The van der Waals surface area contributed by atoms with Crippen molar-refractivity contribution in [2.45, 2.75) is 19.4 Å². The SMILES string of the molecule is O=C(NCc1ccc(O)cc1)N1CCC(CO)CC1. The van der Waals surface area contributed by atoms with Crippen LogP contribution in [0.4, 0.5) is 4.79 Å². The predicted octanol–water partition coefficient (Wildman–Crippen LogP) is 1.31. The van der Waals surface area contributed by atoms with Crippen molar-refractivity contribution in [3.05, 3.63) is 29.8 Å². The van der Waals surface area contributed by atoms with Crippen LogP contribution in [0.3, 0.4) is 0 Å². The van der Waals surface area contributed by atoms with Gasteiger partial charge in [-0.25, -0.2) is 4.79 Å². The Morgan fingerprint density at radius 1 is 1.26 bits per heavy atom. The molecule has 0 aromatic heterocycles. The number of rotatable bonds is 3. The summed E-state index contributed by atoms with van der Waals surface area (Å²) < 4.78 is 0. The van der Waals surface area contributed by atoms with Crippen LogP contribution in [-0.4, -0.2) is 40.8 Å². The van der Waals surface area contributed by atoms with Crippen molar-refractivity contribution in [1.29, 1.82) is 0 Å². The van der Waals surface area contributed by atoms with Gasteiger partial charge in [0.05, 0.1) is 0 Å². The van der Waals surface area contributed by atoms with Crippen LogP contribution >= 0.6 is 0 Å². The minimum Gasteiger partial charge on any atom is -0.508 e. The quantitative estimate of drug-likeness (QED) is 0.770. The number of amides is 2. The van der Waals surface area contributed by atoms with E-state index in [4.69, 9.17) is 5.11 Å². The molecule has 104 valence electrons. The van der Waals surface area contributed by atoms with Gasteiger partial charge in [0.1, 0.15) is 5.75 Å². The zero-order valence-electron chi connectivity index (χ0n) is 10.9. The molecule has 1 fully saturated rings. The molecule has 0 bridgehead atoms. The molecule has 5 nitrogen and oxygen atoms in total. The summed E-state index contributed by atoms with van der Waals surface area (Å²) in [5.41, 5.74) is 0.955. The van der Waals surface area contributed by atoms with E-state index < -0.39 is 0 Å². The van der Waals surface area contributed by atoms with Gasteiger partial charge in [-0.3, -0.25) is 0 Å². The molecule has 1 saturated heterocycles. The lowest BCUT2D eigenvalue weighted by atomic mass is 9.98. The van der Waals surface area contributed by atoms with E-state index in [1.54, 1.807) is 29.2 Å². The number of aliphatic hydroxyl groups excluding tert-OH is 1. The molecule has 5 heteroatoms. The van der Waals surface area contributed by atoms with Crippen molar-refractivity contribution in [3.63, 3.8) is 0 Å². The molecule has 1 aromatic rings. The Labute approximate surface area is 112 Å². The van der Waals surface area contributed by atoms with Gasteiger partial charge in [0.2, 0.25) is 0 Å². The first-order valence-electron chi connectivity index (χ1n) is 6.60. The monoisotopic (exact) mass is 264 g/mol. The van der Waals surface area contributed by atoms with Crippen LogP contribution in [0, 0.1) is 5.92 Å². The summed E-state index contributed by atoms with van der Waals surface area (Å²) >= 11 is 0. The molecule has 0 aliphatic carbocycles. The fraction of sp³-hybridized carbons (Fsp3) is 0.500. The molecule has 0 unspecified atom stereocenters. The van der Waals surface area contributed by atoms with Crippen molar-refractivity contribution in [3.8, 4) is 5.75 Å². The first kappa shape index (κ1) is 13.7. The van der Waals surface area contributed by atoms with E-state index >= 15 is 0 Å². The Morgan fingerprint density at radius 3 is 2.47 bits per heavy atom. The number of piperidine rings is 1. The number of phenolic OH excluding ortho intramolecular Hbond substituents is 1. The van der Waals surface area contributed by atoms with Gasteiger partial charge in [0.25, 0.3) is 0 Å². The number of aromatic hydroxyl groups is 1. The van der Waals surface area contributed by atoms with Crippen molar-refractivity contribution in [1.82, 2.24) is 10.2 Å². The van der Waals surface area contributed by atoms with E-state index in [9.17, 15) is 9.90 Å². The number of aliphatic hydroxyl groups is 1. The highest BCUT2D eigenvalue weighted by Crippen LogP contribution is 2.16. The van der Waals surface area contributed by atoms with Gasteiger partial charge in [-0.05, 0) is 36.5 Å². The lowest BCUT2D eigenvalue weighted by molar-refractivity contribution is 0.137. The summed E-state index contributed by atoms with van der Waals surface area (Å²) in [6.45, 7) is 2.07. The summed E-state index contributed by atoms with van der Waals surface area (Å²) in [5.74, 6) is 0.558. The fourth-order valence-electron chi connectivity index (χ4n) is 2.22. The number of urea groups is 1. The van der Waals surface area contributed by atoms with Crippen molar-refractivity contribution in [2.24, 2.45) is 5.92 Å². The van der Waals surface area contributed by atoms with Crippen LogP contribution in [0.5, 0.6) is 5.75 Å². The minimum atomic E-state index is -0.0653. The Morgan fingerprint density at radius 2 is 1.89 bits per heavy atom. The van der Waals surface area contributed by atoms with Gasteiger partial charge in [0, 0.05) is 26.2 Å². The molecule has 0 saturated carbocycles. The normalized spacial score (nSPS) is 16.4. The number of benzene rings is 1. The van der Waals surface area contributed by atoms with Crippen LogP contribution in [0.2, 0.25) is 0 Å². The number of likely N-dealkylation sites (tertiary alicyclic amines) is 1. The van der Waals surface area contributed by atoms with Crippen LogP contribution in [-0.2, 0) is 6.54 Å². The zero-order valence-corrected chi connectivity index (χ0v) is 10.9. The molecule has 3 N–H and O–H groups in total. The third kappa shape index (κ3) is 3.86. The maximum absolute atomic E-state index is 11.9. The maximum Gasteiger partial charge on any atom is 0.317 e. The molecule has 1 aliphatic heterocycles. The highest BCUT2D eigenvalue weighted by Gasteiger charge is 2.21. The topological polar surface area (TPSA) is 72.8 Å². The number of hydrogen-bond donors (Lipinski definition) is 3. The highest BCUT2D eigenvalue weighted by atomic mass is 16.3. The number of phenols is 1. The molecular weight excluding hydrogens is 244 g/mol. The summed E-state index contributed by atoms with van der Waals surface area (Å²) in [6.07, 6.45) is 1.73. The number of nitrogens with zero attached hydrogens (tertiary/aromatic N) is 1. The molecule has 1 heterocycles. The van der Waals surface area contributed by atoms with Gasteiger partial charge in [0.15, 0.2) is 0 Å². The summed E-state index contributed by atoms with van der Waals surface area (Å²) in [6, 6.07) is 6.72. The first-order chi connectivity index (χ1) is 9.19. The average Bonchev–Trinajstić information content (AvgIpc) is 2.46. The van der Waals surface area contributed by atoms with Gasteiger partial charge in [-0.1, -0.05) is 12.1 Å². The standard InChI is InChI=1S/C14H20N2O3/c17-10-12-5-7-16(8-6-12)14(19)15-9-11-1-3-13(18)4-2-11/h1-4,12,17-18H,5-10H2,(H,15,19). The first-order valence-corrected chi connectivity index (χ1v) is 6.60. The number of carbonyl (C=O) groups excluding carboxylic acids is 1. The van der Waals surface area contributed by atoms with Crippen molar-refractivity contribution in [2.75, 3.05) is 19.7 Å². The second kappa shape index (κ2) is 6.43. The van der Waals surface area contributed by atoms with E-state index in [1.807, 2.05) is 0 Å². The Hall–Kier alpha value is -1.75. The van der Waals surface area contributed by atoms with E-state index in [2.05, 4.69) is 5.32 Å². The second-order valence-corrected chi connectivity index (χ2v) is 4.94. The van der Waals surface area contributed by atoms with E-state index in [1.165, 1.54) is 0 Å². The summed E-state index contributed by atoms with van der Waals surface area (Å²) in [7, 11) is 0. The Kier molecular flexibility index (Phi) is 4.63. The highest BCUT2D eigenvalue weighted by molar-refractivity contribution is 5.74. The third-order valence-electron chi connectivity index (χ3n) is 3.54. The van der Waals surface area contributed by atoms with Gasteiger partial charge >= 0.3 is 6.03 Å². The molecule has 0 atom stereocenters. The molecule has 0 spiro atoms. The van der Waals surface area contributed by atoms with E-state index in [-0.39, 0.29) is 18.4 Å². The number of hydrogen-bond acceptors (Lipinski definition) is 3. The molecular formula is C14H20N2O3. The van der Waals surface area contributed by atoms with Crippen molar-refractivity contribution < 1.29 is 15.0 Å². The smallest absolute Gasteiger partial charge is 0.317 e. The molecule has 2 rings (SSSR count). The van der Waals surface area contributed by atoms with Crippen LogP contribution in [0.1, 0.15) is 18.4 Å². The largest absolute Gasteiger partial charge is 0.508 e. The van der Waals surface area contributed by atoms with Gasteiger partial charge in [-0.2, -0.15) is 0 Å². The second-order valence-electron chi connectivity index (χ2n) is 4.94. The Balaban J connectivity index is 1.77. The van der Waals surface area contributed by atoms with Gasteiger partial charge in [-0.15, -0.1) is 0 Å². The lowest BCUT2D eigenvalue weighted by Gasteiger charge is -2.31. The Bertz CT molecular complexity index is 411. The summed E-state index contributed by atoms with van der Waals surface area (Å²) in [4.78, 5) is 13.7. The third-order valence-corrected chi connectivity index (χ3v) is 3.54. The van der Waals surface area contributed by atoms with E-state index in [0.717, 1.165) is 18.4 Å². The van der Waals surface area contributed by atoms with Crippen LogP contribution in [0.25, 0.3) is 0 Å². The maximum atomic E-state index is 11.9. The molecule has 2 amide bonds. The fourth-order valence-corrected chi connectivity index (χ4v) is 2.22. The molecule has 19 heavy (non-hydrogen) atoms. The predicted molar refractivity (Wildman–Crippen MR) is 71.7 cm³/mol. The molecule has 1 aliphatic rings. The van der Waals surface area contributed by atoms with Crippen molar-refractivity contribution >= 4 is 6.03 Å². The molecule has 0 radical (unpaired) electrons. The average molecular weight is 264 g/mol. The summed E-state index contributed by atoms with van der Waals surface area (Å²) in [5, 5.41) is 21.1. The zero-order chi connectivity index (χ0) is 13.7. The number of carbonyl (C=O) groups is 1. The molecule has 1 aromatic carbocycles. The lowest BCUT2D eigenvalue weighted by Crippen LogP contribution is -2.44. The van der Waals surface area contributed by atoms with E-state index in [0.29, 0.717) is 25.6 Å². The minimum absolute atomic E-state index is 0.0653. The number of nitrogens with one attached hydrogen (secondary N) is 1. The van der Waals surface area contributed by atoms with Crippen LogP contribution in [0.15, 0.2) is 24.3 Å². The van der Waals surface area contributed by atoms with Gasteiger partial charge < -0.3 is 20.4 Å². The van der Waals surface area contributed by atoms with Crippen LogP contribution < -0.4 is 5.32 Å².